The third-order valence-corrected chi connectivity index (χ3v) is 6.40. The number of hydrogen-bond acceptors (Lipinski definition) is 5. The van der Waals surface area contributed by atoms with Crippen LogP contribution < -0.4 is 0 Å². The molecule has 1 amide bonds. The summed E-state index contributed by atoms with van der Waals surface area (Å²) in [5, 5.41) is 12.1. The van der Waals surface area contributed by atoms with Crippen LogP contribution in [0.4, 0.5) is 0 Å². The Kier molecular flexibility index (Phi) is 4.10. The minimum atomic E-state index is 0.00434. The molecule has 0 radical (unpaired) electrons. The fourth-order valence-electron chi connectivity index (χ4n) is 4.05. The van der Waals surface area contributed by atoms with Crippen molar-refractivity contribution in [2.24, 2.45) is 5.41 Å². The number of hydrogen-bond donors (Lipinski definition) is 1. The lowest BCUT2D eigenvalue weighted by atomic mass is 9.92. The van der Waals surface area contributed by atoms with E-state index in [2.05, 4.69) is 28.0 Å². The van der Waals surface area contributed by atoms with Crippen molar-refractivity contribution in [3.63, 3.8) is 0 Å². The maximum absolute atomic E-state index is 12.6. The first-order chi connectivity index (χ1) is 12.1. The Balaban J connectivity index is 1.33. The van der Waals surface area contributed by atoms with E-state index < -0.39 is 0 Å². The number of rotatable bonds is 4. The summed E-state index contributed by atoms with van der Waals surface area (Å²) in [5.41, 5.74) is 1.39. The Hall–Kier alpha value is -2.17. The molecule has 6 nitrogen and oxygen atoms in total. The first-order valence-corrected chi connectivity index (χ1v) is 9.46. The van der Waals surface area contributed by atoms with E-state index in [1.54, 1.807) is 23.6 Å². The number of nitrogens with one attached hydrogen (secondary N) is 1. The summed E-state index contributed by atoms with van der Waals surface area (Å²) in [6.07, 6.45) is 6.77. The zero-order chi connectivity index (χ0) is 17.4. The van der Waals surface area contributed by atoms with Gasteiger partial charge in [-0.1, -0.05) is 0 Å². The predicted octanol–water partition coefficient (Wildman–Crippen LogP) is 2.47. The van der Waals surface area contributed by atoms with Crippen LogP contribution in [0.25, 0.3) is 0 Å². The minimum Gasteiger partial charge on any atom is -0.356 e. The number of carbonyl (C=O) groups excluding carboxylic acids is 1. The summed E-state index contributed by atoms with van der Waals surface area (Å²) in [4.78, 5) is 24.2. The van der Waals surface area contributed by atoms with Crippen LogP contribution >= 0.6 is 11.3 Å². The van der Waals surface area contributed by atoms with Gasteiger partial charge in [-0.2, -0.15) is 5.26 Å². The second-order valence-corrected chi connectivity index (χ2v) is 8.11. The summed E-state index contributed by atoms with van der Waals surface area (Å²) in [7, 11) is 2.18. The van der Waals surface area contributed by atoms with Gasteiger partial charge < -0.3 is 9.88 Å². The van der Waals surface area contributed by atoms with Gasteiger partial charge in [0.1, 0.15) is 16.8 Å². The molecule has 1 saturated heterocycles. The Labute approximate surface area is 151 Å². The van der Waals surface area contributed by atoms with Gasteiger partial charge in [-0.05, 0) is 37.8 Å². The summed E-state index contributed by atoms with van der Waals surface area (Å²) in [6.45, 7) is 2.49. The fourth-order valence-corrected chi connectivity index (χ4v) is 4.73. The molecule has 2 aromatic heterocycles. The van der Waals surface area contributed by atoms with Gasteiger partial charge in [0.15, 0.2) is 0 Å². The van der Waals surface area contributed by atoms with Crippen LogP contribution in [-0.2, 0) is 6.54 Å². The summed E-state index contributed by atoms with van der Waals surface area (Å²) < 4.78 is 0. The SMILES string of the molecule is CN(Cc1nccs1)[C@H]1CC12CCN(C(=O)c1cc(C#N)c[nH]1)CC2. The molecule has 1 spiro atoms. The van der Waals surface area contributed by atoms with E-state index in [1.807, 2.05) is 16.5 Å². The lowest BCUT2D eigenvalue weighted by Gasteiger charge is -2.34. The van der Waals surface area contributed by atoms with Crippen LogP contribution in [0.1, 0.15) is 40.3 Å². The van der Waals surface area contributed by atoms with Crippen molar-refractivity contribution < 1.29 is 4.79 Å². The van der Waals surface area contributed by atoms with Gasteiger partial charge in [0.05, 0.1) is 12.1 Å². The maximum Gasteiger partial charge on any atom is 0.270 e. The monoisotopic (exact) mass is 355 g/mol. The first kappa shape index (κ1) is 16.3. The average Bonchev–Trinajstić information content (AvgIpc) is 3.02. The largest absolute Gasteiger partial charge is 0.356 e. The first-order valence-electron chi connectivity index (χ1n) is 8.58. The van der Waals surface area contributed by atoms with E-state index in [0.29, 0.717) is 22.7 Å². The maximum atomic E-state index is 12.6. The summed E-state index contributed by atoms with van der Waals surface area (Å²) >= 11 is 1.71. The topological polar surface area (TPSA) is 76.0 Å². The third kappa shape index (κ3) is 3.08. The van der Waals surface area contributed by atoms with Crippen molar-refractivity contribution in [1.29, 1.82) is 5.26 Å². The highest BCUT2D eigenvalue weighted by atomic mass is 32.1. The molecule has 25 heavy (non-hydrogen) atoms. The van der Waals surface area contributed by atoms with Crippen molar-refractivity contribution in [1.82, 2.24) is 19.8 Å². The molecule has 1 N–H and O–H groups in total. The number of aromatic nitrogens is 2. The second kappa shape index (κ2) is 6.28. The molecule has 1 saturated carbocycles. The molecule has 1 aliphatic carbocycles. The molecule has 0 unspecified atom stereocenters. The average molecular weight is 355 g/mol. The van der Waals surface area contributed by atoms with Crippen LogP contribution in [0.15, 0.2) is 23.8 Å². The molecule has 3 heterocycles. The quantitative estimate of drug-likeness (QED) is 0.914. The van der Waals surface area contributed by atoms with Crippen LogP contribution in [0, 0.1) is 16.7 Å². The lowest BCUT2D eigenvalue weighted by Crippen LogP contribution is -2.41. The van der Waals surface area contributed by atoms with Gasteiger partial charge in [-0.3, -0.25) is 9.69 Å². The molecule has 0 aromatic carbocycles. The van der Waals surface area contributed by atoms with Gasteiger partial charge in [0, 0.05) is 36.9 Å². The molecule has 1 aliphatic heterocycles. The number of nitrogens with zero attached hydrogens (tertiary/aromatic N) is 4. The van der Waals surface area contributed by atoms with Crippen molar-refractivity contribution in [3.8, 4) is 6.07 Å². The van der Waals surface area contributed by atoms with Crippen LogP contribution in [-0.4, -0.2) is 51.9 Å². The van der Waals surface area contributed by atoms with E-state index in [-0.39, 0.29) is 5.91 Å². The smallest absolute Gasteiger partial charge is 0.270 e. The van der Waals surface area contributed by atoms with Crippen molar-refractivity contribution in [3.05, 3.63) is 40.1 Å². The van der Waals surface area contributed by atoms with E-state index in [4.69, 9.17) is 5.26 Å². The van der Waals surface area contributed by atoms with E-state index in [1.165, 1.54) is 6.42 Å². The molecule has 1 atom stereocenters. The normalized spacial score (nSPS) is 21.5. The number of H-pyrrole nitrogens is 1. The zero-order valence-corrected chi connectivity index (χ0v) is 15.1. The van der Waals surface area contributed by atoms with E-state index >= 15 is 0 Å². The Morgan fingerprint density at radius 2 is 2.36 bits per heavy atom. The van der Waals surface area contributed by atoms with Gasteiger partial charge in [-0.25, -0.2) is 4.98 Å². The standard InChI is InChI=1S/C18H21N5OS/c1-22(12-16-20-4-7-25-16)15-9-18(15)2-5-23(6-3-18)17(24)14-8-13(10-19)11-21-14/h4,7-8,11,15,21H,2-3,5-6,9,12H2,1H3/t15-/m0/s1. The van der Waals surface area contributed by atoms with Gasteiger partial charge >= 0.3 is 0 Å². The molecule has 2 aliphatic rings. The Morgan fingerprint density at radius 1 is 1.56 bits per heavy atom. The Bertz CT molecular complexity index is 798. The lowest BCUT2D eigenvalue weighted by molar-refractivity contribution is 0.0652. The molecular formula is C18H21N5OS. The number of nitriles is 1. The number of amides is 1. The minimum absolute atomic E-state index is 0.00434. The predicted molar refractivity (Wildman–Crippen MR) is 95.1 cm³/mol. The molecule has 7 heteroatoms. The summed E-state index contributed by atoms with van der Waals surface area (Å²) in [5.74, 6) is 0.00434. The van der Waals surface area contributed by atoms with Crippen LogP contribution in [0.3, 0.4) is 0 Å². The van der Waals surface area contributed by atoms with Gasteiger partial charge in [0.2, 0.25) is 0 Å². The van der Waals surface area contributed by atoms with Gasteiger partial charge in [0.25, 0.3) is 5.91 Å². The molecule has 130 valence electrons. The number of aromatic amines is 1. The summed E-state index contributed by atoms with van der Waals surface area (Å²) in [6, 6.07) is 4.29. The Morgan fingerprint density at radius 3 is 3.00 bits per heavy atom. The third-order valence-electron chi connectivity index (χ3n) is 5.64. The van der Waals surface area contributed by atoms with Crippen molar-refractivity contribution in [2.45, 2.75) is 31.8 Å². The number of thiazole rings is 1. The molecule has 4 rings (SSSR count). The number of likely N-dealkylation sites (tertiary alicyclic amines) is 1. The highest BCUT2D eigenvalue weighted by Gasteiger charge is 2.56. The molecular weight excluding hydrogens is 334 g/mol. The highest BCUT2D eigenvalue weighted by Crippen LogP contribution is 2.56. The van der Waals surface area contributed by atoms with Crippen molar-refractivity contribution >= 4 is 17.2 Å². The van der Waals surface area contributed by atoms with E-state index in [9.17, 15) is 4.79 Å². The zero-order valence-electron chi connectivity index (χ0n) is 14.2. The van der Waals surface area contributed by atoms with E-state index in [0.717, 1.165) is 37.5 Å². The highest BCUT2D eigenvalue weighted by molar-refractivity contribution is 7.09. The van der Waals surface area contributed by atoms with Crippen LogP contribution in [0.5, 0.6) is 0 Å². The van der Waals surface area contributed by atoms with Crippen molar-refractivity contribution in [2.75, 3.05) is 20.1 Å². The molecule has 2 aromatic rings. The fraction of sp³-hybridized carbons (Fsp3) is 0.500. The molecule has 2 fully saturated rings. The molecule has 0 bridgehead atoms. The van der Waals surface area contributed by atoms with Gasteiger partial charge in [-0.15, -0.1) is 11.3 Å². The number of carbonyl (C=O) groups is 1. The second-order valence-electron chi connectivity index (χ2n) is 7.13. The number of piperidine rings is 1. The van der Waals surface area contributed by atoms with Crippen LogP contribution in [0.2, 0.25) is 0 Å².